The molecule has 0 aliphatic heterocycles. The van der Waals surface area contributed by atoms with E-state index in [4.69, 9.17) is 4.74 Å². The smallest absolute Gasteiger partial charge is 0.324 e. The average molecular weight is 220 g/mol. The van der Waals surface area contributed by atoms with Crippen LogP contribution < -0.4 is 4.74 Å². The van der Waals surface area contributed by atoms with Crippen molar-refractivity contribution in [2.75, 3.05) is 0 Å². The molecule has 4 nitrogen and oxygen atoms in total. The molecule has 2 heterocycles. The third kappa shape index (κ3) is 2.85. The lowest BCUT2D eigenvalue weighted by Crippen LogP contribution is -2.12. The number of carbonyl (C=O) groups excluding carboxylic acids is 1. The quantitative estimate of drug-likeness (QED) is 0.738. The summed E-state index contributed by atoms with van der Waals surface area (Å²) in [6, 6.07) is 5.54. The van der Waals surface area contributed by atoms with E-state index in [2.05, 4.69) is 9.97 Å². The van der Waals surface area contributed by atoms with Crippen molar-refractivity contribution >= 4 is 17.3 Å². The Morgan fingerprint density at radius 1 is 1.33 bits per heavy atom. The van der Waals surface area contributed by atoms with Gasteiger partial charge in [0, 0.05) is 17.3 Å². The largest absolute Gasteiger partial charge is 0.391 e. The molecule has 0 N–H and O–H groups in total. The second kappa shape index (κ2) is 4.65. The fraction of sp³-hybridized carbons (Fsp3) is 0.100. The molecule has 76 valence electrons. The minimum absolute atomic E-state index is 0.0963. The zero-order chi connectivity index (χ0) is 10.5. The lowest BCUT2D eigenvalue weighted by molar-refractivity contribution is -0.134. The molecule has 0 unspecified atom stereocenters. The molecule has 0 radical (unpaired) electrons. The van der Waals surface area contributed by atoms with Gasteiger partial charge in [-0.05, 0) is 17.5 Å². The van der Waals surface area contributed by atoms with E-state index in [1.165, 1.54) is 23.7 Å². The maximum atomic E-state index is 11.4. The van der Waals surface area contributed by atoms with E-state index in [0.29, 0.717) is 0 Å². The Bertz CT molecular complexity index is 428. The summed E-state index contributed by atoms with van der Waals surface area (Å²) in [5.74, 6) is -0.344. The van der Waals surface area contributed by atoms with E-state index in [0.717, 1.165) is 4.88 Å². The number of aromatic nitrogens is 2. The Morgan fingerprint density at radius 2 is 2.13 bits per heavy atom. The van der Waals surface area contributed by atoms with Crippen molar-refractivity contribution < 1.29 is 9.53 Å². The van der Waals surface area contributed by atoms with E-state index < -0.39 is 0 Å². The highest BCUT2D eigenvalue weighted by Gasteiger charge is 2.07. The van der Waals surface area contributed by atoms with Crippen LogP contribution in [0.3, 0.4) is 0 Å². The first-order valence-corrected chi connectivity index (χ1v) is 5.22. The summed E-state index contributed by atoms with van der Waals surface area (Å²) in [5.41, 5.74) is 0. The van der Waals surface area contributed by atoms with Crippen molar-refractivity contribution in [3.8, 4) is 6.01 Å². The van der Waals surface area contributed by atoms with Gasteiger partial charge in [-0.3, -0.25) is 4.79 Å². The molecule has 0 saturated heterocycles. The molecule has 0 fully saturated rings. The Hall–Kier alpha value is -1.75. The monoisotopic (exact) mass is 220 g/mol. The molecule has 0 spiro atoms. The standard InChI is InChI=1S/C10H8N2O2S/c13-9(7-8-3-1-6-15-8)14-10-11-4-2-5-12-10/h1-6H,7H2. The zero-order valence-corrected chi connectivity index (χ0v) is 8.61. The van der Waals surface area contributed by atoms with Gasteiger partial charge in [-0.25, -0.2) is 9.97 Å². The summed E-state index contributed by atoms with van der Waals surface area (Å²) in [4.78, 5) is 19.9. The van der Waals surface area contributed by atoms with E-state index in [1.54, 1.807) is 6.07 Å². The maximum Gasteiger partial charge on any atom is 0.324 e. The predicted octanol–water partition coefficient (Wildman–Crippen LogP) is 1.69. The summed E-state index contributed by atoms with van der Waals surface area (Å²) in [6.45, 7) is 0. The predicted molar refractivity (Wildman–Crippen MR) is 55.7 cm³/mol. The van der Waals surface area contributed by atoms with Gasteiger partial charge in [-0.15, -0.1) is 11.3 Å². The van der Waals surface area contributed by atoms with Crippen LogP contribution in [0.4, 0.5) is 0 Å². The van der Waals surface area contributed by atoms with Crippen LogP contribution in [0.15, 0.2) is 36.0 Å². The Morgan fingerprint density at radius 3 is 2.80 bits per heavy atom. The number of thiophene rings is 1. The van der Waals surface area contributed by atoms with Gasteiger partial charge in [0.05, 0.1) is 6.42 Å². The third-order valence-corrected chi connectivity index (χ3v) is 2.52. The SMILES string of the molecule is O=C(Cc1cccs1)Oc1ncccn1. The Labute approximate surface area is 90.6 Å². The summed E-state index contributed by atoms with van der Waals surface area (Å²) < 4.78 is 4.93. The van der Waals surface area contributed by atoms with Crippen LogP contribution in [0, 0.1) is 0 Å². The van der Waals surface area contributed by atoms with Crippen LogP contribution in [-0.2, 0) is 11.2 Å². The Kier molecular flexibility index (Phi) is 3.04. The third-order valence-electron chi connectivity index (χ3n) is 1.65. The van der Waals surface area contributed by atoms with Gasteiger partial charge in [0.1, 0.15) is 0 Å². The highest BCUT2D eigenvalue weighted by molar-refractivity contribution is 7.10. The normalized spacial score (nSPS) is 9.87. The molecule has 0 saturated carbocycles. The molecule has 2 aromatic rings. The van der Waals surface area contributed by atoms with Gasteiger partial charge >= 0.3 is 12.0 Å². The fourth-order valence-corrected chi connectivity index (χ4v) is 1.72. The van der Waals surface area contributed by atoms with Crippen LogP contribution in [0.1, 0.15) is 4.88 Å². The van der Waals surface area contributed by atoms with Gasteiger partial charge in [-0.1, -0.05) is 6.07 Å². The van der Waals surface area contributed by atoms with E-state index in [-0.39, 0.29) is 18.4 Å². The van der Waals surface area contributed by atoms with Crippen molar-refractivity contribution in [2.45, 2.75) is 6.42 Å². The van der Waals surface area contributed by atoms with Gasteiger partial charge in [0.15, 0.2) is 0 Å². The van der Waals surface area contributed by atoms with Crippen molar-refractivity contribution in [2.24, 2.45) is 0 Å². The second-order valence-corrected chi connectivity index (χ2v) is 3.79. The molecule has 0 atom stereocenters. The lowest BCUT2D eigenvalue weighted by Gasteiger charge is -1.99. The molecule has 0 aliphatic carbocycles. The van der Waals surface area contributed by atoms with E-state index in [1.807, 2.05) is 17.5 Å². The minimum atomic E-state index is -0.344. The molecule has 0 aliphatic rings. The Balaban J connectivity index is 1.94. The summed E-state index contributed by atoms with van der Waals surface area (Å²) in [5, 5.41) is 1.92. The van der Waals surface area contributed by atoms with Gasteiger partial charge < -0.3 is 4.74 Å². The van der Waals surface area contributed by atoms with Gasteiger partial charge in [-0.2, -0.15) is 0 Å². The average Bonchev–Trinajstić information content (AvgIpc) is 2.71. The maximum absolute atomic E-state index is 11.4. The van der Waals surface area contributed by atoms with Crippen LogP contribution in [0.5, 0.6) is 6.01 Å². The fourth-order valence-electron chi connectivity index (χ4n) is 1.03. The van der Waals surface area contributed by atoms with Crippen LogP contribution >= 0.6 is 11.3 Å². The van der Waals surface area contributed by atoms with Crippen molar-refractivity contribution in [3.05, 3.63) is 40.8 Å². The first-order chi connectivity index (χ1) is 7.34. The van der Waals surface area contributed by atoms with Crippen molar-refractivity contribution in [1.29, 1.82) is 0 Å². The number of ether oxygens (including phenoxy) is 1. The van der Waals surface area contributed by atoms with Crippen molar-refractivity contribution in [1.82, 2.24) is 9.97 Å². The van der Waals surface area contributed by atoms with E-state index >= 15 is 0 Å². The summed E-state index contributed by atoms with van der Waals surface area (Å²) in [6.07, 6.45) is 3.32. The molecular weight excluding hydrogens is 212 g/mol. The minimum Gasteiger partial charge on any atom is -0.391 e. The topological polar surface area (TPSA) is 52.1 Å². The molecule has 5 heteroatoms. The molecule has 15 heavy (non-hydrogen) atoms. The first kappa shape index (κ1) is 9.79. The van der Waals surface area contributed by atoms with Crippen LogP contribution in [0.2, 0.25) is 0 Å². The number of esters is 1. The van der Waals surface area contributed by atoms with Crippen molar-refractivity contribution in [3.63, 3.8) is 0 Å². The lowest BCUT2D eigenvalue weighted by atomic mass is 10.3. The number of hydrogen-bond acceptors (Lipinski definition) is 5. The van der Waals surface area contributed by atoms with Crippen LogP contribution in [0.25, 0.3) is 0 Å². The zero-order valence-electron chi connectivity index (χ0n) is 7.79. The molecular formula is C10H8N2O2S. The van der Waals surface area contributed by atoms with Gasteiger partial charge in [0.2, 0.25) is 0 Å². The highest BCUT2D eigenvalue weighted by Crippen LogP contribution is 2.10. The van der Waals surface area contributed by atoms with Gasteiger partial charge in [0.25, 0.3) is 0 Å². The highest BCUT2D eigenvalue weighted by atomic mass is 32.1. The summed E-state index contributed by atoms with van der Waals surface area (Å²) >= 11 is 1.52. The molecule has 0 aromatic carbocycles. The molecule has 0 amide bonds. The molecule has 0 bridgehead atoms. The molecule has 2 aromatic heterocycles. The second-order valence-electron chi connectivity index (χ2n) is 2.76. The van der Waals surface area contributed by atoms with E-state index in [9.17, 15) is 4.79 Å². The first-order valence-electron chi connectivity index (χ1n) is 4.34. The molecule has 2 rings (SSSR count). The number of hydrogen-bond donors (Lipinski definition) is 0. The summed E-state index contributed by atoms with van der Waals surface area (Å²) in [7, 11) is 0. The number of carbonyl (C=O) groups is 1. The number of rotatable bonds is 3. The number of nitrogens with zero attached hydrogens (tertiary/aromatic N) is 2. The van der Waals surface area contributed by atoms with Crippen LogP contribution in [-0.4, -0.2) is 15.9 Å².